The molecule has 0 unspecified atom stereocenters. The Morgan fingerprint density at radius 2 is 2.24 bits per heavy atom. The van der Waals surface area contributed by atoms with E-state index in [1.165, 1.54) is 17.0 Å². The Balaban J connectivity index is 1.73. The second kappa shape index (κ2) is 5.38. The van der Waals surface area contributed by atoms with Gasteiger partial charge in [-0.2, -0.15) is 10.1 Å². The van der Waals surface area contributed by atoms with E-state index >= 15 is 0 Å². The number of aliphatic hydroxyl groups is 1. The van der Waals surface area contributed by atoms with Gasteiger partial charge in [0.15, 0.2) is 0 Å². The standard InChI is InChI=1S/C13H17N5O3/c1-9-10(6-14-12-16-8-17-18(9)12)11(19)15-7-13(20)2-4-21-5-3-13/h6,8,20H,2-5,7H2,1H3,(H,15,19). The third kappa shape index (κ3) is 2.72. The number of nitrogens with zero attached hydrogens (tertiary/aromatic N) is 4. The van der Waals surface area contributed by atoms with E-state index in [4.69, 9.17) is 4.74 Å². The van der Waals surface area contributed by atoms with E-state index in [0.29, 0.717) is 43.1 Å². The Morgan fingerprint density at radius 1 is 1.48 bits per heavy atom. The Kier molecular flexibility index (Phi) is 3.56. The van der Waals surface area contributed by atoms with Crippen molar-refractivity contribution >= 4 is 11.7 Å². The maximum absolute atomic E-state index is 12.3. The minimum absolute atomic E-state index is 0.198. The van der Waals surface area contributed by atoms with Gasteiger partial charge in [0.1, 0.15) is 6.33 Å². The number of amides is 1. The third-order valence-corrected chi connectivity index (χ3v) is 3.79. The number of hydrogen-bond donors (Lipinski definition) is 2. The maximum Gasteiger partial charge on any atom is 0.254 e. The molecule has 2 N–H and O–H groups in total. The minimum Gasteiger partial charge on any atom is -0.388 e. The monoisotopic (exact) mass is 291 g/mol. The number of aromatic nitrogens is 4. The summed E-state index contributed by atoms with van der Waals surface area (Å²) in [6.45, 7) is 3.00. The van der Waals surface area contributed by atoms with Gasteiger partial charge in [-0.1, -0.05) is 0 Å². The molecule has 1 amide bonds. The highest BCUT2D eigenvalue weighted by molar-refractivity contribution is 5.95. The highest BCUT2D eigenvalue weighted by Gasteiger charge is 2.30. The zero-order valence-electron chi connectivity index (χ0n) is 11.7. The number of carbonyl (C=O) groups is 1. The van der Waals surface area contributed by atoms with Crippen LogP contribution in [0.25, 0.3) is 5.78 Å². The van der Waals surface area contributed by atoms with Crippen molar-refractivity contribution in [3.05, 3.63) is 23.8 Å². The molecule has 0 bridgehead atoms. The Morgan fingerprint density at radius 3 is 3.00 bits per heavy atom. The number of carbonyl (C=O) groups excluding carboxylic acids is 1. The number of hydrogen-bond acceptors (Lipinski definition) is 6. The van der Waals surface area contributed by atoms with Crippen LogP contribution in [0.2, 0.25) is 0 Å². The molecule has 21 heavy (non-hydrogen) atoms. The van der Waals surface area contributed by atoms with Gasteiger partial charge in [-0.15, -0.1) is 0 Å². The molecule has 0 spiro atoms. The normalized spacial score (nSPS) is 17.8. The molecule has 8 nitrogen and oxygen atoms in total. The van der Waals surface area contributed by atoms with Gasteiger partial charge >= 0.3 is 0 Å². The molecular formula is C13H17N5O3. The molecular weight excluding hydrogens is 274 g/mol. The Labute approximate surface area is 121 Å². The van der Waals surface area contributed by atoms with Crippen molar-refractivity contribution in [3.63, 3.8) is 0 Å². The van der Waals surface area contributed by atoms with Crippen LogP contribution in [-0.4, -0.2) is 56.0 Å². The second-order valence-electron chi connectivity index (χ2n) is 5.25. The molecule has 0 saturated carbocycles. The summed E-state index contributed by atoms with van der Waals surface area (Å²) in [5.74, 6) is 0.171. The van der Waals surface area contributed by atoms with Crippen molar-refractivity contribution in [3.8, 4) is 0 Å². The molecule has 0 aliphatic carbocycles. The number of nitrogens with one attached hydrogen (secondary N) is 1. The van der Waals surface area contributed by atoms with Gasteiger partial charge in [0, 0.05) is 38.8 Å². The summed E-state index contributed by atoms with van der Waals surface area (Å²) in [6, 6.07) is 0. The molecule has 1 saturated heterocycles. The Bertz CT molecular complexity index is 663. The van der Waals surface area contributed by atoms with Gasteiger partial charge in [0.25, 0.3) is 11.7 Å². The van der Waals surface area contributed by atoms with Crippen LogP contribution in [0.4, 0.5) is 0 Å². The second-order valence-corrected chi connectivity index (χ2v) is 5.25. The molecule has 1 aliphatic heterocycles. The van der Waals surface area contributed by atoms with Crippen LogP contribution in [0.15, 0.2) is 12.5 Å². The lowest BCUT2D eigenvalue weighted by Crippen LogP contribution is -2.46. The molecule has 1 fully saturated rings. The van der Waals surface area contributed by atoms with E-state index in [1.54, 1.807) is 6.92 Å². The lowest BCUT2D eigenvalue weighted by atomic mass is 9.94. The summed E-state index contributed by atoms with van der Waals surface area (Å²) in [6.07, 6.45) is 3.91. The van der Waals surface area contributed by atoms with E-state index in [1.807, 2.05) is 0 Å². The van der Waals surface area contributed by atoms with Crippen molar-refractivity contribution in [1.29, 1.82) is 0 Å². The largest absolute Gasteiger partial charge is 0.388 e. The van der Waals surface area contributed by atoms with Gasteiger partial charge < -0.3 is 15.2 Å². The van der Waals surface area contributed by atoms with Crippen molar-refractivity contribution in [2.75, 3.05) is 19.8 Å². The molecule has 0 atom stereocenters. The molecule has 1 aliphatic rings. The molecule has 8 heteroatoms. The molecule has 2 aromatic rings. The first-order valence-corrected chi connectivity index (χ1v) is 6.83. The molecule has 0 radical (unpaired) electrons. The summed E-state index contributed by atoms with van der Waals surface area (Å²) in [5.41, 5.74) is 0.185. The number of fused-ring (bicyclic) bond motifs is 1. The van der Waals surface area contributed by atoms with Crippen molar-refractivity contribution < 1.29 is 14.6 Å². The first-order chi connectivity index (χ1) is 10.1. The zero-order valence-corrected chi connectivity index (χ0v) is 11.7. The van der Waals surface area contributed by atoms with Crippen LogP contribution in [-0.2, 0) is 4.74 Å². The van der Waals surface area contributed by atoms with E-state index in [0.717, 1.165) is 0 Å². The SMILES string of the molecule is Cc1c(C(=O)NCC2(O)CCOCC2)cnc2ncnn12. The molecule has 112 valence electrons. The molecule has 2 aromatic heterocycles. The smallest absolute Gasteiger partial charge is 0.254 e. The lowest BCUT2D eigenvalue weighted by molar-refractivity contribution is -0.0605. The van der Waals surface area contributed by atoms with Crippen molar-refractivity contribution in [2.45, 2.75) is 25.4 Å². The Hall–Kier alpha value is -2.06. The highest BCUT2D eigenvalue weighted by Crippen LogP contribution is 2.19. The lowest BCUT2D eigenvalue weighted by Gasteiger charge is -2.32. The van der Waals surface area contributed by atoms with Gasteiger partial charge in [-0.25, -0.2) is 9.50 Å². The maximum atomic E-state index is 12.3. The molecule has 3 heterocycles. The van der Waals surface area contributed by atoms with Gasteiger partial charge in [0.05, 0.1) is 16.9 Å². The van der Waals surface area contributed by atoms with Crippen LogP contribution in [0.1, 0.15) is 28.9 Å². The summed E-state index contributed by atoms with van der Waals surface area (Å²) < 4.78 is 6.73. The van der Waals surface area contributed by atoms with Crippen LogP contribution in [0, 0.1) is 6.92 Å². The van der Waals surface area contributed by atoms with Crippen LogP contribution in [0.3, 0.4) is 0 Å². The fourth-order valence-corrected chi connectivity index (χ4v) is 2.38. The summed E-state index contributed by atoms with van der Waals surface area (Å²) >= 11 is 0. The molecule has 3 rings (SSSR count). The zero-order chi connectivity index (χ0) is 14.9. The van der Waals surface area contributed by atoms with Crippen LogP contribution in [0.5, 0.6) is 0 Å². The average Bonchev–Trinajstić information content (AvgIpc) is 2.95. The quantitative estimate of drug-likeness (QED) is 0.805. The third-order valence-electron chi connectivity index (χ3n) is 3.79. The van der Waals surface area contributed by atoms with Crippen molar-refractivity contribution in [1.82, 2.24) is 24.9 Å². The van der Waals surface area contributed by atoms with Crippen molar-refractivity contribution in [2.24, 2.45) is 0 Å². The first-order valence-electron chi connectivity index (χ1n) is 6.83. The molecule has 0 aromatic carbocycles. The topological polar surface area (TPSA) is 102 Å². The van der Waals surface area contributed by atoms with E-state index in [-0.39, 0.29) is 12.5 Å². The van der Waals surface area contributed by atoms with Gasteiger partial charge in [0.2, 0.25) is 0 Å². The van der Waals surface area contributed by atoms with E-state index in [2.05, 4.69) is 20.4 Å². The van der Waals surface area contributed by atoms with Gasteiger partial charge in [-0.3, -0.25) is 4.79 Å². The van der Waals surface area contributed by atoms with E-state index < -0.39 is 5.60 Å². The number of ether oxygens (including phenoxy) is 1. The van der Waals surface area contributed by atoms with E-state index in [9.17, 15) is 9.90 Å². The highest BCUT2D eigenvalue weighted by atomic mass is 16.5. The number of aryl methyl sites for hydroxylation is 1. The summed E-state index contributed by atoms with van der Waals surface area (Å²) in [5, 5.41) is 17.1. The summed E-state index contributed by atoms with van der Waals surface area (Å²) in [7, 11) is 0. The van der Waals surface area contributed by atoms with Crippen LogP contribution < -0.4 is 5.32 Å². The fourth-order valence-electron chi connectivity index (χ4n) is 2.38. The fraction of sp³-hybridized carbons (Fsp3) is 0.538. The average molecular weight is 291 g/mol. The summed E-state index contributed by atoms with van der Waals surface area (Å²) in [4.78, 5) is 20.3. The number of rotatable bonds is 3. The van der Waals surface area contributed by atoms with Gasteiger partial charge in [-0.05, 0) is 6.92 Å². The minimum atomic E-state index is -0.896. The predicted octanol–water partition coefficient (Wildman–Crippen LogP) is -0.296. The predicted molar refractivity (Wildman–Crippen MR) is 72.9 cm³/mol. The van der Waals surface area contributed by atoms with Crippen LogP contribution >= 0.6 is 0 Å². The first kappa shape index (κ1) is 13.9.